The Morgan fingerprint density at radius 2 is 2.30 bits per heavy atom. The van der Waals surface area contributed by atoms with E-state index in [1.54, 1.807) is 29.6 Å². The highest BCUT2D eigenvalue weighted by atomic mass is 35.5. The summed E-state index contributed by atoms with van der Waals surface area (Å²) in [5.74, 6) is 1.03. The van der Waals surface area contributed by atoms with Crippen LogP contribution in [0.3, 0.4) is 0 Å². The van der Waals surface area contributed by atoms with Crippen LogP contribution in [0.2, 0.25) is 5.02 Å². The van der Waals surface area contributed by atoms with Crippen LogP contribution in [-0.4, -0.2) is 15.7 Å². The van der Waals surface area contributed by atoms with Gasteiger partial charge in [0.2, 0.25) is 0 Å². The Kier molecular flexibility index (Phi) is 3.43. The van der Waals surface area contributed by atoms with Crippen LogP contribution in [-0.2, 0) is 18.6 Å². The Labute approximate surface area is 124 Å². The number of fused-ring (bicyclic) bond motifs is 1. The molecular formula is C13H11ClFN3OS. The molecule has 0 radical (unpaired) electrons. The molecule has 0 saturated heterocycles. The lowest BCUT2D eigenvalue weighted by atomic mass is 10.2. The van der Waals surface area contributed by atoms with Crippen LogP contribution < -0.4 is 5.32 Å². The molecule has 1 amide bonds. The highest BCUT2D eigenvalue weighted by molar-refractivity contribution is 7.98. The number of benzene rings is 1. The number of anilines is 1. The lowest BCUT2D eigenvalue weighted by molar-refractivity contribution is 0.102. The summed E-state index contributed by atoms with van der Waals surface area (Å²) in [5.41, 5.74) is 1.91. The van der Waals surface area contributed by atoms with E-state index in [0.717, 1.165) is 22.8 Å². The van der Waals surface area contributed by atoms with E-state index in [0.29, 0.717) is 5.82 Å². The molecule has 0 fully saturated rings. The largest absolute Gasteiger partial charge is 0.306 e. The van der Waals surface area contributed by atoms with Gasteiger partial charge < -0.3 is 5.32 Å². The second-order valence-electron chi connectivity index (χ2n) is 4.45. The van der Waals surface area contributed by atoms with E-state index in [2.05, 4.69) is 10.4 Å². The number of thioether (sulfide) groups is 1. The molecule has 0 bridgehead atoms. The van der Waals surface area contributed by atoms with E-state index in [-0.39, 0.29) is 10.6 Å². The number of aryl methyl sites for hydroxylation is 1. The van der Waals surface area contributed by atoms with Crippen molar-refractivity contribution in [3.05, 3.63) is 45.9 Å². The van der Waals surface area contributed by atoms with Gasteiger partial charge in [0.1, 0.15) is 5.82 Å². The molecule has 104 valence electrons. The molecule has 1 aliphatic rings. The Morgan fingerprint density at radius 1 is 1.50 bits per heavy atom. The van der Waals surface area contributed by atoms with Crippen molar-refractivity contribution in [3.63, 3.8) is 0 Å². The molecule has 0 spiro atoms. The van der Waals surface area contributed by atoms with Gasteiger partial charge in [0, 0.05) is 24.1 Å². The smallest absolute Gasteiger partial charge is 0.259 e. The minimum absolute atomic E-state index is 0.0663. The number of amides is 1. The Bertz CT molecular complexity index is 701. The van der Waals surface area contributed by atoms with Crippen molar-refractivity contribution in [1.29, 1.82) is 0 Å². The average Bonchev–Trinajstić information content (AvgIpc) is 2.96. The molecule has 1 aromatic carbocycles. The second-order valence-corrected chi connectivity index (χ2v) is 5.84. The number of carbonyl (C=O) groups excluding carboxylic acids is 1. The molecule has 0 atom stereocenters. The first-order chi connectivity index (χ1) is 9.58. The summed E-state index contributed by atoms with van der Waals surface area (Å²) in [6, 6.07) is 4.36. The van der Waals surface area contributed by atoms with Crippen molar-refractivity contribution < 1.29 is 9.18 Å². The maximum absolute atomic E-state index is 13.8. The fourth-order valence-corrected chi connectivity index (χ4v) is 3.36. The highest BCUT2D eigenvalue weighted by Gasteiger charge is 2.24. The lowest BCUT2D eigenvalue weighted by Gasteiger charge is -2.08. The van der Waals surface area contributed by atoms with E-state index in [9.17, 15) is 9.18 Å². The number of nitrogens with zero attached hydrogens (tertiary/aromatic N) is 2. The Hall–Kier alpha value is -1.53. The van der Waals surface area contributed by atoms with Crippen molar-refractivity contribution in [3.8, 4) is 0 Å². The molecular weight excluding hydrogens is 301 g/mol. The second kappa shape index (κ2) is 5.10. The van der Waals surface area contributed by atoms with Crippen molar-refractivity contribution >= 4 is 35.1 Å². The Morgan fingerprint density at radius 3 is 3.10 bits per heavy atom. The summed E-state index contributed by atoms with van der Waals surface area (Å²) in [6.07, 6.45) is 0. The van der Waals surface area contributed by atoms with Crippen molar-refractivity contribution in [1.82, 2.24) is 9.78 Å². The van der Waals surface area contributed by atoms with E-state index in [1.165, 1.54) is 12.1 Å². The van der Waals surface area contributed by atoms with Gasteiger partial charge in [0.25, 0.3) is 5.91 Å². The molecule has 2 aromatic rings. The standard InChI is InChI=1S/C13H11ClFN3OS/c1-18-12(8-5-20-6-10(8)17-18)16-13(19)7-3-2-4-9(14)11(7)15/h2-4H,5-6H2,1H3,(H,16,19). The maximum Gasteiger partial charge on any atom is 0.259 e. The summed E-state index contributed by atoms with van der Waals surface area (Å²) in [7, 11) is 1.76. The van der Waals surface area contributed by atoms with Crippen LogP contribution >= 0.6 is 23.4 Å². The molecule has 0 saturated carbocycles. The predicted molar refractivity (Wildman–Crippen MR) is 77.6 cm³/mol. The van der Waals surface area contributed by atoms with Crippen LogP contribution in [0.25, 0.3) is 0 Å². The third-order valence-electron chi connectivity index (χ3n) is 3.14. The van der Waals surface area contributed by atoms with Crippen LogP contribution in [0.1, 0.15) is 21.6 Å². The monoisotopic (exact) mass is 311 g/mol. The van der Waals surface area contributed by atoms with Gasteiger partial charge in [0.05, 0.1) is 16.3 Å². The number of hydrogen-bond donors (Lipinski definition) is 1. The number of aromatic nitrogens is 2. The van der Waals surface area contributed by atoms with Crippen molar-refractivity contribution in [2.24, 2.45) is 7.05 Å². The zero-order chi connectivity index (χ0) is 14.3. The third-order valence-corrected chi connectivity index (χ3v) is 4.40. The van der Waals surface area contributed by atoms with E-state index in [1.807, 2.05) is 0 Å². The molecule has 1 aliphatic heterocycles. The van der Waals surface area contributed by atoms with E-state index in [4.69, 9.17) is 11.6 Å². The number of halogens is 2. The molecule has 2 heterocycles. The summed E-state index contributed by atoms with van der Waals surface area (Å²) >= 11 is 7.43. The number of nitrogens with one attached hydrogen (secondary N) is 1. The molecule has 1 N–H and O–H groups in total. The molecule has 20 heavy (non-hydrogen) atoms. The summed E-state index contributed by atoms with van der Waals surface area (Å²) < 4.78 is 15.5. The third kappa shape index (κ3) is 2.19. The quantitative estimate of drug-likeness (QED) is 0.926. The van der Waals surface area contributed by atoms with Gasteiger partial charge in [-0.25, -0.2) is 4.39 Å². The lowest BCUT2D eigenvalue weighted by Crippen LogP contribution is -2.17. The first kappa shape index (κ1) is 13.5. The number of carbonyl (C=O) groups is 1. The van der Waals surface area contributed by atoms with Gasteiger partial charge in [0.15, 0.2) is 5.82 Å². The fourth-order valence-electron chi connectivity index (χ4n) is 2.15. The van der Waals surface area contributed by atoms with Gasteiger partial charge in [-0.3, -0.25) is 9.48 Å². The molecule has 1 aromatic heterocycles. The fraction of sp³-hybridized carbons (Fsp3) is 0.231. The van der Waals surface area contributed by atoms with Gasteiger partial charge >= 0.3 is 0 Å². The molecule has 0 unspecified atom stereocenters. The van der Waals surface area contributed by atoms with Crippen LogP contribution in [0.4, 0.5) is 10.2 Å². The average molecular weight is 312 g/mol. The van der Waals surface area contributed by atoms with Crippen LogP contribution in [0, 0.1) is 5.82 Å². The summed E-state index contributed by atoms with van der Waals surface area (Å²) in [4.78, 5) is 12.2. The summed E-state index contributed by atoms with van der Waals surface area (Å²) in [5, 5.41) is 7.00. The van der Waals surface area contributed by atoms with Crippen LogP contribution in [0.15, 0.2) is 18.2 Å². The molecule has 7 heteroatoms. The van der Waals surface area contributed by atoms with E-state index >= 15 is 0 Å². The van der Waals surface area contributed by atoms with Crippen molar-refractivity contribution in [2.75, 3.05) is 5.32 Å². The number of hydrogen-bond acceptors (Lipinski definition) is 3. The number of rotatable bonds is 2. The zero-order valence-corrected chi connectivity index (χ0v) is 12.2. The topological polar surface area (TPSA) is 46.9 Å². The maximum atomic E-state index is 13.8. The van der Waals surface area contributed by atoms with Crippen LogP contribution in [0.5, 0.6) is 0 Å². The van der Waals surface area contributed by atoms with Gasteiger partial charge in [-0.2, -0.15) is 16.9 Å². The highest BCUT2D eigenvalue weighted by Crippen LogP contribution is 2.34. The predicted octanol–water partition coefficient (Wildman–Crippen LogP) is 3.21. The molecule has 4 nitrogen and oxygen atoms in total. The SMILES string of the molecule is Cn1nc2c(c1NC(=O)c1cccc(Cl)c1F)CSC2. The Balaban J connectivity index is 1.92. The van der Waals surface area contributed by atoms with Gasteiger partial charge in [-0.05, 0) is 12.1 Å². The van der Waals surface area contributed by atoms with Gasteiger partial charge in [-0.1, -0.05) is 17.7 Å². The molecule has 0 aliphatic carbocycles. The minimum atomic E-state index is -0.708. The first-order valence-electron chi connectivity index (χ1n) is 5.95. The van der Waals surface area contributed by atoms with E-state index < -0.39 is 11.7 Å². The van der Waals surface area contributed by atoms with Gasteiger partial charge in [-0.15, -0.1) is 0 Å². The molecule has 3 rings (SSSR count). The zero-order valence-electron chi connectivity index (χ0n) is 10.6. The first-order valence-corrected chi connectivity index (χ1v) is 7.49. The summed E-state index contributed by atoms with van der Waals surface area (Å²) in [6.45, 7) is 0. The van der Waals surface area contributed by atoms with Crippen molar-refractivity contribution in [2.45, 2.75) is 11.5 Å². The minimum Gasteiger partial charge on any atom is -0.306 e. The normalized spacial score (nSPS) is 13.3.